The predicted octanol–water partition coefficient (Wildman–Crippen LogP) is 2.67. The van der Waals surface area contributed by atoms with Crippen LogP contribution in [0.15, 0.2) is 35.5 Å². The fraction of sp³-hybridized carbons (Fsp3) is 0.235. The number of rotatable bonds is 0. The molecule has 0 bridgehead atoms. The molecule has 1 aromatic carbocycles. The van der Waals surface area contributed by atoms with Crippen molar-refractivity contribution in [3.05, 3.63) is 46.9 Å². The van der Waals surface area contributed by atoms with Gasteiger partial charge in [0.05, 0.1) is 16.3 Å². The summed E-state index contributed by atoms with van der Waals surface area (Å²) in [5, 5.41) is 3.46. The fourth-order valence-corrected chi connectivity index (χ4v) is 2.92. The molecule has 0 saturated carbocycles. The highest BCUT2D eigenvalue weighted by Gasteiger charge is 2.22. The summed E-state index contributed by atoms with van der Waals surface area (Å²) in [6.07, 6.45) is 5.41. The third kappa shape index (κ3) is 1.68. The van der Waals surface area contributed by atoms with Gasteiger partial charge in [-0.25, -0.2) is 9.97 Å². The number of pyridine rings is 2. The van der Waals surface area contributed by atoms with Crippen LogP contribution in [0.5, 0.6) is 0 Å². The number of hydrogen-bond donors (Lipinski definition) is 2. The second-order valence-electron chi connectivity index (χ2n) is 6.63. The lowest BCUT2D eigenvalue weighted by atomic mass is 9.96. The van der Waals surface area contributed by atoms with Crippen molar-refractivity contribution in [2.75, 3.05) is 0 Å². The van der Waals surface area contributed by atoms with Crippen molar-refractivity contribution in [2.45, 2.75) is 26.2 Å². The molecule has 3 aromatic heterocycles. The van der Waals surface area contributed by atoms with Crippen LogP contribution >= 0.6 is 0 Å². The third-order valence-corrected chi connectivity index (χ3v) is 4.03. The van der Waals surface area contributed by atoms with Crippen LogP contribution in [-0.4, -0.2) is 15.0 Å². The van der Waals surface area contributed by atoms with Gasteiger partial charge in [-0.15, -0.1) is 0 Å². The molecule has 0 fully saturated rings. The summed E-state index contributed by atoms with van der Waals surface area (Å²) in [6.45, 7) is 6.36. The van der Waals surface area contributed by atoms with E-state index in [4.69, 9.17) is 4.98 Å². The number of fused-ring (bicyclic) bond motifs is 6. The van der Waals surface area contributed by atoms with Crippen molar-refractivity contribution in [3.63, 3.8) is 0 Å². The number of aromatic nitrogens is 4. The lowest BCUT2D eigenvalue weighted by molar-refractivity contribution is -0.375. The first-order chi connectivity index (χ1) is 10.5. The van der Waals surface area contributed by atoms with Crippen LogP contribution in [0.4, 0.5) is 0 Å². The topological polar surface area (TPSA) is 75.7 Å². The van der Waals surface area contributed by atoms with E-state index in [0.29, 0.717) is 5.39 Å². The normalized spacial score (nSPS) is 12.5. The highest BCUT2D eigenvalue weighted by Crippen LogP contribution is 2.32. The largest absolute Gasteiger partial charge is 0.341 e. The molecule has 5 nitrogen and oxygen atoms in total. The maximum atomic E-state index is 12.3. The smallest absolute Gasteiger partial charge is 0.256 e. The second kappa shape index (κ2) is 4.16. The first kappa shape index (κ1) is 13.0. The number of nitrogens with zero attached hydrogens (tertiary/aromatic N) is 1. The molecule has 22 heavy (non-hydrogen) atoms. The highest BCUT2D eigenvalue weighted by atomic mass is 16.1. The number of hydrogen-bond acceptors (Lipinski definition) is 2. The molecular weight excluding hydrogens is 276 g/mol. The molecule has 0 saturated heterocycles. The number of aromatic amines is 3. The Balaban J connectivity index is 2.35. The van der Waals surface area contributed by atoms with Gasteiger partial charge in [-0.3, -0.25) is 4.79 Å². The van der Waals surface area contributed by atoms with Gasteiger partial charge >= 0.3 is 0 Å². The van der Waals surface area contributed by atoms with Gasteiger partial charge in [-0.2, -0.15) is 0 Å². The number of imidazole rings is 1. The molecule has 0 aliphatic heterocycles. The molecule has 0 amide bonds. The zero-order chi connectivity index (χ0) is 15.5. The van der Waals surface area contributed by atoms with Gasteiger partial charge in [0.2, 0.25) is 0 Å². The average molecular weight is 293 g/mol. The van der Waals surface area contributed by atoms with Crippen molar-refractivity contribution in [1.82, 2.24) is 15.0 Å². The molecule has 3 heterocycles. The van der Waals surface area contributed by atoms with Crippen LogP contribution in [-0.2, 0) is 5.41 Å². The summed E-state index contributed by atoms with van der Waals surface area (Å²) in [5.74, 6) is 0.917. The van der Waals surface area contributed by atoms with E-state index in [1.54, 1.807) is 6.20 Å². The lowest BCUT2D eigenvalue weighted by Crippen LogP contribution is -2.13. The minimum Gasteiger partial charge on any atom is -0.341 e. The second-order valence-corrected chi connectivity index (χ2v) is 6.63. The maximum Gasteiger partial charge on any atom is 0.256 e. The van der Waals surface area contributed by atoms with Crippen molar-refractivity contribution >= 4 is 32.6 Å². The molecule has 4 aromatic rings. The maximum absolute atomic E-state index is 12.3. The Hall–Kier alpha value is -2.69. The minimum atomic E-state index is -0.0860. The molecule has 0 aliphatic rings. The molecule has 110 valence electrons. The van der Waals surface area contributed by atoms with E-state index < -0.39 is 0 Å². The van der Waals surface area contributed by atoms with E-state index in [0.717, 1.165) is 33.0 Å². The average Bonchev–Trinajstić information content (AvgIpc) is 2.93. The fourth-order valence-electron chi connectivity index (χ4n) is 2.92. The van der Waals surface area contributed by atoms with E-state index in [-0.39, 0.29) is 11.0 Å². The molecule has 0 radical (unpaired) electrons. The molecule has 5 heteroatoms. The summed E-state index contributed by atoms with van der Waals surface area (Å²) < 4.78 is 0. The first-order valence-corrected chi connectivity index (χ1v) is 7.30. The highest BCUT2D eigenvalue weighted by molar-refractivity contribution is 6.22. The monoisotopic (exact) mass is 293 g/mol. The summed E-state index contributed by atoms with van der Waals surface area (Å²) in [7, 11) is 0. The zero-order valence-electron chi connectivity index (χ0n) is 12.7. The predicted molar refractivity (Wildman–Crippen MR) is 87.0 cm³/mol. The Morgan fingerprint density at radius 1 is 1.14 bits per heavy atom. The van der Waals surface area contributed by atoms with E-state index in [9.17, 15) is 4.79 Å². The Labute approximate surface area is 126 Å². The third-order valence-electron chi connectivity index (χ3n) is 4.03. The lowest BCUT2D eigenvalue weighted by Gasteiger charge is -2.13. The number of benzene rings is 1. The molecule has 0 atom stereocenters. The molecule has 3 N–H and O–H groups in total. The van der Waals surface area contributed by atoms with Gasteiger partial charge in [0.1, 0.15) is 11.3 Å². The summed E-state index contributed by atoms with van der Waals surface area (Å²) in [6, 6.07) is 3.86. The van der Waals surface area contributed by atoms with Gasteiger partial charge in [0.15, 0.2) is 12.4 Å². The first-order valence-electron chi connectivity index (χ1n) is 7.30. The Bertz CT molecular complexity index is 1080. The summed E-state index contributed by atoms with van der Waals surface area (Å²) in [4.78, 5) is 26.4. The minimum absolute atomic E-state index is 0.0810. The van der Waals surface area contributed by atoms with Crippen molar-refractivity contribution in [2.24, 2.45) is 0 Å². The summed E-state index contributed by atoms with van der Waals surface area (Å²) in [5.41, 5.74) is 1.65. The Kier molecular flexibility index (Phi) is 2.46. The van der Waals surface area contributed by atoms with Crippen LogP contribution in [0.25, 0.3) is 32.6 Å². The zero-order valence-corrected chi connectivity index (χ0v) is 12.7. The SMILES string of the molecule is CC(C)(C)c1nc2c3c[nH+]ccc3c3c(=O)[nH]ccc3c2[nH]1. The van der Waals surface area contributed by atoms with Crippen LogP contribution in [0, 0.1) is 0 Å². The van der Waals surface area contributed by atoms with E-state index in [1.165, 1.54) is 0 Å². The van der Waals surface area contributed by atoms with Crippen molar-refractivity contribution in [3.8, 4) is 0 Å². The van der Waals surface area contributed by atoms with Crippen molar-refractivity contribution < 1.29 is 4.98 Å². The van der Waals surface area contributed by atoms with Gasteiger partial charge in [-0.1, -0.05) is 20.8 Å². The standard InChI is InChI=1S/C17H16N4O/c1-17(2,3)16-20-13-10-5-7-19-15(22)12(10)9-4-6-18-8-11(9)14(13)21-16/h4-8H,1-3H3,(H,19,22)(H,20,21)/p+1. The van der Waals surface area contributed by atoms with Gasteiger partial charge in [0, 0.05) is 28.5 Å². The van der Waals surface area contributed by atoms with Gasteiger partial charge in [-0.05, 0) is 6.07 Å². The Morgan fingerprint density at radius 2 is 1.95 bits per heavy atom. The van der Waals surface area contributed by atoms with Crippen LogP contribution in [0.3, 0.4) is 0 Å². The summed E-state index contributed by atoms with van der Waals surface area (Å²) >= 11 is 0. The van der Waals surface area contributed by atoms with Crippen molar-refractivity contribution in [1.29, 1.82) is 0 Å². The molecular formula is C17H17N4O+. The quantitative estimate of drug-likeness (QED) is 0.489. The Morgan fingerprint density at radius 3 is 2.73 bits per heavy atom. The number of nitrogens with one attached hydrogen (secondary N) is 3. The molecule has 0 spiro atoms. The van der Waals surface area contributed by atoms with E-state index in [1.807, 2.05) is 24.5 Å². The van der Waals surface area contributed by atoms with Crippen LogP contribution < -0.4 is 10.5 Å². The van der Waals surface area contributed by atoms with E-state index >= 15 is 0 Å². The van der Waals surface area contributed by atoms with Crippen LogP contribution in [0.1, 0.15) is 26.6 Å². The van der Waals surface area contributed by atoms with Gasteiger partial charge in [0.25, 0.3) is 5.56 Å². The van der Waals surface area contributed by atoms with Gasteiger partial charge < -0.3 is 9.97 Å². The van der Waals surface area contributed by atoms with E-state index in [2.05, 4.69) is 35.7 Å². The molecule has 0 aliphatic carbocycles. The number of H-pyrrole nitrogens is 3. The van der Waals surface area contributed by atoms with Crippen LogP contribution in [0.2, 0.25) is 0 Å². The molecule has 4 rings (SSSR count). The molecule has 0 unspecified atom stereocenters.